The number of benzene rings is 2. The number of methoxy groups -OCH3 is 1. The van der Waals surface area contributed by atoms with Crippen molar-refractivity contribution in [1.29, 1.82) is 0 Å². The lowest BCUT2D eigenvalue weighted by Crippen LogP contribution is -2.54. The fraction of sp³-hybridized carbons (Fsp3) is 0.548. The second kappa shape index (κ2) is 15.1. The Bertz CT molecular complexity index is 1270. The summed E-state index contributed by atoms with van der Waals surface area (Å²) in [4.78, 5) is 31.3. The molecule has 2 fully saturated rings. The summed E-state index contributed by atoms with van der Waals surface area (Å²) in [5, 5.41) is 7.37. The summed E-state index contributed by atoms with van der Waals surface area (Å²) < 4.78 is 45.7. The fourth-order valence-electron chi connectivity index (χ4n) is 5.75. The number of rotatable bonds is 11. The molecule has 2 N–H and O–H groups in total. The van der Waals surface area contributed by atoms with Crippen LogP contribution in [0.5, 0.6) is 0 Å². The van der Waals surface area contributed by atoms with E-state index in [1.807, 2.05) is 11.8 Å². The zero-order valence-corrected chi connectivity index (χ0v) is 26.0. The van der Waals surface area contributed by atoms with Crippen LogP contribution in [0.3, 0.4) is 0 Å². The number of Topliss-reactive ketones (excluding diaryl/α,β-unsaturated/α-hetero) is 1. The highest BCUT2D eigenvalue weighted by atomic mass is 35.5. The molecule has 7 nitrogen and oxygen atoms in total. The van der Waals surface area contributed by atoms with Crippen molar-refractivity contribution in [3.8, 4) is 0 Å². The minimum absolute atomic E-state index is 0.0517. The molecule has 4 rings (SSSR count). The van der Waals surface area contributed by atoms with Crippen molar-refractivity contribution in [2.75, 3.05) is 51.3 Å². The largest absolute Gasteiger partial charge is 0.416 e. The first-order valence-electron chi connectivity index (χ1n) is 14.6. The van der Waals surface area contributed by atoms with Gasteiger partial charge in [-0.15, -0.1) is 0 Å². The molecule has 0 saturated carbocycles. The maximum Gasteiger partial charge on any atom is 0.416 e. The molecule has 2 unspecified atom stereocenters. The van der Waals surface area contributed by atoms with Gasteiger partial charge in [0.05, 0.1) is 18.2 Å². The van der Waals surface area contributed by atoms with Crippen molar-refractivity contribution in [1.82, 2.24) is 15.5 Å². The summed E-state index contributed by atoms with van der Waals surface area (Å²) in [6.07, 6.45) is -1.71. The van der Waals surface area contributed by atoms with Crippen LogP contribution < -0.4 is 15.5 Å². The van der Waals surface area contributed by atoms with Gasteiger partial charge in [0.2, 0.25) is 5.91 Å². The van der Waals surface area contributed by atoms with Crippen molar-refractivity contribution in [3.05, 3.63) is 63.1 Å². The predicted molar refractivity (Wildman–Crippen MR) is 163 cm³/mol. The fourth-order valence-corrected chi connectivity index (χ4v) is 6.23. The lowest BCUT2D eigenvalue weighted by molar-refractivity contribution is -0.142. The molecule has 0 radical (unpaired) electrons. The number of hydrogen-bond donors (Lipinski definition) is 2. The van der Waals surface area contributed by atoms with Gasteiger partial charge in [-0.3, -0.25) is 9.59 Å². The Morgan fingerprint density at radius 1 is 1.07 bits per heavy atom. The number of halogens is 5. The van der Waals surface area contributed by atoms with Crippen LogP contribution in [0.4, 0.5) is 18.9 Å². The third-order valence-corrected chi connectivity index (χ3v) is 8.72. The normalized spacial score (nSPS) is 19.3. The molecule has 2 aromatic carbocycles. The lowest BCUT2D eigenvalue weighted by atomic mass is 9.87. The van der Waals surface area contributed by atoms with Gasteiger partial charge in [-0.2, -0.15) is 13.2 Å². The number of nitrogens with one attached hydrogen (secondary N) is 2. The number of ketones is 1. The number of carbonyl (C=O) groups excluding carboxylic acids is 2. The Balaban J connectivity index is 1.50. The standard InChI is InChI=1S/C31H39Cl2F3N4O3/c1-20(19-43-2)38-18-22-15-23(31(34,35)36)7-9-28(22)39-11-13-40(14-12-39)30(42)25(29(41)27-5-3-4-10-37-27)16-21-6-8-24(32)17-26(21)33/h6-9,15,17,20,25,27,37-38H,3-5,10-14,16,18-19H2,1-2H3/t20?,25-,27?/m1/s1. The number of nitrogens with zero attached hydrogens (tertiary/aromatic N) is 2. The van der Waals surface area contributed by atoms with Crippen LogP contribution in [-0.2, 0) is 33.5 Å². The highest BCUT2D eigenvalue weighted by molar-refractivity contribution is 6.35. The summed E-state index contributed by atoms with van der Waals surface area (Å²) in [5.41, 5.74) is 1.17. The van der Waals surface area contributed by atoms with E-state index in [9.17, 15) is 22.8 Å². The van der Waals surface area contributed by atoms with Crippen LogP contribution in [0.25, 0.3) is 0 Å². The van der Waals surface area contributed by atoms with Gasteiger partial charge in [0.25, 0.3) is 0 Å². The molecule has 43 heavy (non-hydrogen) atoms. The van der Waals surface area contributed by atoms with Crippen LogP contribution in [0.15, 0.2) is 36.4 Å². The van der Waals surface area contributed by atoms with Gasteiger partial charge in [0.1, 0.15) is 5.92 Å². The van der Waals surface area contributed by atoms with Crippen molar-refractivity contribution in [3.63, 3.8) is 0 Å². The number of amides is 1. The first-order chi connectivity index (χ1) is 20.5. The third-order valence-electron chi connectivity index (χ3n) is 8.13. The molecule has 0 aromatic heterocycles. The molecule has 2 aromatic rings. The summed E-state index contributed by atoms with van der Waals surface area (Å²) in [5.74, 6) is -1.31. The van der Waals surface area contributed by atoms with Crippen molar-refractivity contribution in [2.24, 2.45) is 5.92 Å². The third kappa shape index (κ3) is 8.85. The first kappa shape index (κ1) is 33.5. The molecule has 12 heteroatoms. The Morgan fingerprint density at radius 3 is 2.44 bits per heavy atom. The summed E-state index contributed by atoms with van der Waals surface area (Å²) in [6.45, 7) is 4.80. The molecule has 2 heterocycles. The monoisotopic (exact) mass is 642 g/mol. The highest BCUT2D eigenvalue weighted by Crippen LogP contribution is 2.34. The summed E-state index contributed by atoms with van der Waals surface area (Å²) in [6, 6.07) is 8.38. The average molecular weight is 644 g/mol. The van der Waals surface area contributed by atoms with Gasteiger partial charge in [0, 0.05) is 61.6 Å². The minimum atomic E-state index is -4.46. The van der Waals surface area contributed by atoms with Crippen molar-refractivity contribution < 1.29 is 27.5 Å². The lowest BCUT2D eigenvalue weighted by Gasteiger charge is -2.39. The van der Waals surface area contributed by atoms with Crippen LogP contribution >= 0.6 is 23.2 Å². The molecule has 236 valence electrons. The zero-order chi connectivity index (χ0) is 31.1. The number of piperidine rings is 1. The second-order valence-corrected chi connectivity index (χ2v) is 12.1. The van der Waals surface area contributed by atoms with E-state index in [2.05, 4.69) is 10.6 Å². The van der Waals surface area contributed by atoms with E-state index in [0.29, 0.717) is 66.1 Å². The predicted octanol–water partition coefficient (Wildman–Crippen LogP) is 5.36. The maximum atomic E-state index is 13.9. The van der Waals surface area contributed by atoms with Gasteiger partial charge >= 0.3 is 6.18 Å². The Hall–Kier alpha value is -2.37. The van der Waals surface area contributed by atoms with E-state index in [4.69, 9.17) is 27.9 Å². The SMILES string of the molecule is COCC(C)NCc1cc(C(F)(F)F)ccc1N1CCN(C(=O)[C@H](Cc2ccc(Cl)cc2Cl)C(=O)C2CCCCN2)CC1. The number of piperazine rings is 1. The van der Waals surface area contributed by atoms with E-state index < -0.39 is 23.7 Å². The van der Waals surface area contributed by atoms with Crippen LogP contribution in [0, 0.1) is 5.92 Å². The van der Waals surface area contributed by atoms with Gasteiger partial charge in [0.15, 0.2) is 5.78 Å². The summed E-state index contributed by atoms with van der Waals surface area (Å²) in [7, 11) is 1.57. The number of carbonyl (C=O) groups is 2. The van der Waals surface area contributed by atoms with Crippen molar-refractivity contribution >= 4 is 40.6 Å². The van der Waals surface area contributed by atoms with E-state index in [0.717, 1.165) is 25.5 Å². The number of hydrogen-bond acceptors (Lipinski definition) is 6. The van der Waals surface area contributed by atoms with E-state index in [1.54, 1.807) is 30.2 Å². The quantitative estimate of drug-likeness (QED) is 0.322. The second-order valence-electron chi connectivity index (χ2n) is 11.3. The van der Waals surface area contributed by atoms with Crippen molar-refractivity contribution in [2.45, 2.75) is 57.4 Å². The first-order valence-corrected chi connectivity index (χ1v) is 15.4. The molecule has 0 bridgehead atoms. The topological polar surface area (TPSA) is 73.9 Å². The van der Waals surface area contributed by atoms with Gasteiger partial charge in [-0.1, -0.05) is 35.7 Å². The smallest absolute Gasteiger partial charge is 0.383 e. The number of ether oxygens (including phenoxy) is 1. The Morgan fingerprint density at radius 2 is 1.81 bits per heavy atom. The highest BCUT2D eigenvalue weighted by Gasteiger charge is 2.37. The van der Waals surface area contributed by atoms with E-state index in [1.165, 1.54) is 12.1 Å². The maximum absolute atomic E-state index is 13.9. The van der Waals surface area contributed by atoms with Gasteiger partial charge in [-0.05, 0) is 74.2 Å². The molecule has 2 saturated heterocycles. The van der Waals surface area contributed by atoms with E-state index >= 15 is 0 Å². The van der Waals surface area contributed by atoms with Gasteiger partial charge in [-0.25, -0.2) is 0 Å². The zero-order valence-electron chi connectivity index (χ0n) is 24.5. The number of anilines is 1. The van der Waals surface area contributed by atoms with E-state index in [-0.39, 0.29) is 30.7 Å². The Kier molecular flexibility index (Phi) is 11.8. The molecule has 0 aliphatic carbocycles. The minimum Gasteiger partial charge on any atom is -0.383 e. The molecule has 3 atom stereocenters. The Labute approximate surface area is 261 Å². The molecule has 2 aliphatic rings. The number of alkyl halides is 3. The van der Waals surface area contributed by atoms with Crippen LogP contribution in [0.1, 0.15) is 42.9 Å². The molecule has 0 spiro atoms. The van der Waals surface area contributed by atoms with Crippen LogP contribution in [0.2, 0.25) is 10.0 Å². The molecular formula is C31H39Cl2F3N4O3. The average Bonchev–Trinajstić information content (AvgIpc) is 2.99. The van der Waals surface area contributed by atoms with Gasteiger partial charge < -0.3 is 25.2 Å². The molecule has 1 amide bonds. The van der Waals surface area contributed by atoms with Crippen LogP contribution in [-0.4, -0.2) is 75.1 Å². The molecular weight excluding hydrogens is 604 g/mol. The summed E-state index contributed by atoms with van der Waals surface area (Å²) >= 11 is 12.5. The molecule has 2 aliphatic heterocycles.